The van der Waals surface area contributed by atoms with Crippen LogP contribution in [0.5, 0.6) is 0 Å². The molecule has 0 aliphatic heterocycles. The molecule has 1 atom stereocenters. The van der Waals surface area contributed by atoms with Gasteiger partial charge in [0.2, 0.25) is 0 Å². The van der Waals surface area contributed by atoms with Crippen LogP contribution in [0.4, 0.5) is 0 Å². The number of rotatable bonds is 6. The first kappa shape index (κ1) is 12.3. The molecule has 6 heteroatoms. The van der Waals surface area contributed by atoms with Gasteiger partial charge in [-0.25, -0.2) is 9.13 Å². The van der Waals surface area contributed by atoms with Gasteiger partial charge in [0.25, 0.3) is 0 Å². The van der Waals surface area contributed by atoms with Crippen molar-refractivity contribution in [3.05, 3.63) is 0 Å². The standard InChI is InChI=1S/C7H13O5P/c1-7(10,5-6(8)9)3-2-4-13(11)12/h10H,2-5H2,1H3,(H,8,9). The van der Waals surface area contributed by atoms with E-state index in [9.17, 15) is 19.0 Å². The third kappa shape index (κ3) is 7.68. The van der Waals surface area contributed by atoms with Crippen LogP contribution in [-0.4, -0.2) is 27.9 Å². The second kappa shape index (κ2) is 5.14. The summed E-state index contributed by atoms with van der Waals surface area (Å²) in [6, 6.07) is 0. The molecule has 13 heavy (non-hydrogen) atoms. The molecule has 76 valence electrons. The highest BCUT2D eigenvalue weighted by molar-refractivity contribution is 7.30. The van der Waals surface area contributed by atoms with Gasteiger partial charge in [0.15, 0.2) is 0 Å². The number of aliphatic hydroxyl groups is 1. The quantitative estimate of drug-likeness (QED) is 0.639. The second-order valence-electron chi connectivity index (χ2n) is 3.23. The lowest BCUT2D eigenvalue weighted by molar-refractivity contribution is -0.142. The van der Waals surface area contributed by atoms with Crippen molar-refractivity contribution in [2.75, 3.05) is 6.16 Å². The molecule has 0 saturated carbocycles. The minimum Gasteiger partial charge on any atom is -0.481 e. The van der Waals surface area contributed by atoms with Crippen molar-refractivity contribution >= 4 is 13.6 Å². The van der Waals surface area contributed by atoms with Crippen molar-refractivity contribution in [3.8, 4) is 0 Å². The predicted octanol–water partition coefficient (Wildman–Crippen LogP) is 1.17. The zero-order valence-electron chi connectivity index (χ0n) is 7.39. The number of carbonyl (C=O) groups is 1. The van der Waals surface area contributed by atoms with Crippen LogP contribution in [0.3, 0.4) is 0 Å². The summed E-state index contributed by atoms with van der Waals surface area (Å²) < 4.78 is 20.3. The highest BCUT2D eigenvalue weighted by Crippen LogP contribution is 2.19. The normalized spacial score (nSPS) is 14.9. The first-order valence-corrected chi connectivity index (χ1v) is 5.26. The maximum absolute atomic E-state index is 10.2. The Balaban J connectivity index is 3.81. The molecule has 0 radical (unpaired) electrons. The van der Waals surface area contributed by atoms with Crippen molar-refractivity contribution < 1.29 is 24.1 Å². The van der Waals surface area contributed by atoms with Gasteiger partial charge in [-0.05, 0) is 19.8 Å². The van der Waals surface area contributed by atoms with Crippen molar-refractivity contribution in [1.82, 2.24) is 0 Å². The average molecular weight is 208 g/mol. The Morgan fingerprint density at radius 3 is 2.38 bits per heavy atom. The van der Waals surface area contributed by atoms with Crippen LogP contribution in [0, 0.1) is 0 Å². The first-order chi connectivity index (χ1) is 5.83. The Labute approximate surface area is 76.6 Å². The van der Waals surface area contributed by atoms with Gasteiger partial charge in [-0.3, -0.25) is 4.79 Å². The number of carboxylic acids is 1. The summed E-state index contributed by atoms with van der Waals surface area (Å²) in [5.74, 6) is -1.09. The van der Waals surface area contributed by atoms with E-state index in [-0.39, 0.29) is 19.0 Å². The fourth-order valence-corrected chi connectivity index (χ4v) is 1.42. The number of carboxylic acid groups (broad SMARTS) is 1. The lowest BCUT2D eigenvalue weighted by Crippen LogP contribution is -2.27. The van der Waals surface area contributed by atoms with Crippen LogP contribution in [-0.2, 0) is 13.9 Å². The zero-order chi connectivity index (χ0) is 10.5. The summed E-state index contributed by atoms with van der Waals surface area (Å²) >= 11 is 0. The van der Waals surface area contributed by atoms with Crippen molar-refractivity contribution in [2.24, 2.45) is 0 Å². The van der Waals surface area contributed by atoms with Gasteiger partial charge in [-0.2, -0.15) is 0 Å². The highest BCUT2D eigenvalue weighted by Gasteiger charge is 2.23. The lowest BCUT2D eigenvalue weighted by Gasteiger charge is -2.19. The van der Waals surface area contributed by atoms with E-state index in [0.717, 1.165) is 0 Å². The maximum Gasteiger partial charge on any atom is 0.315 e. The Kier molecular flexibility index (Phi) is 4.88. The summed E-state index contributed by atoms with van der Waals surface area (Å²) in [6.07, 6.45) is 0.106. The van der Waals surface area contributed by atoms with Gasteiger partial charge in [0.1, 0.15) is 0 Å². The van der Waals surface area contributed by atoms with Gasteiger partial charge in [-0.15, -0.1) is 0 Å². The third-order valence-electron chi connectivity index (χ3n) is 1.59. The molecule has 0 aliphatic carbocycles. The van der Waals surface area contributed by atoms with E-state index in [2.05, 4.69) is 0 Å². The number of aliphatic carboxylic acids is 1. The SMILES string of the molecule is CC(O)(CCCP(=O)=O)CC(=O)O. The molecule has 0 spiro atoms. The summed E-state index contributed by atoms with van der Waals surface area (Å²) in [5.41, 5.74) is -1.31. The Bertz CT molecular complexity index is 235. The smallest absolute Gasteiger partial charge is 0.315 e. The third-order valence-corrected chi connectivity index (χ3v) is 2.27. The van der Waals surface area contributed by atoms with E-state index >= 15 is 0 Å². The summed E-state index contributed by atoms with van der Waals surface area (Å²) in [7, 11) is -2.43. The molecule has 0 aliphatic rings. The molecule has 5 nitrogen and oxygen atoms in total. The molecule has 0 aromatic carbocycles. The molecule has 0 fully saturated rings. The number of hydrogen-bond donors (Lipinski definition) is 2. The van der Waals surface area contributed by atoms with E-state index in [0.29, 0.717) is 6.42 Å². The van der Waals surface area contributed by atoms with Gasteiger partial charge < -0.3 is 10.2 Å². The Hall–Kier alpha value is -0.670. The molecule has 0 rings (SSSR count). The average Bonchev–Trinajstić information content (AvgIpc) is 1.81. The summed E-state index contributed by atoms with van der Waals surface area (Å²) in [4.78, 5) is 10.2. The lowest BCUT2D eigenvalue weighted by atomic mass is 9.97. The van der Waals surface area contributed by atoms with Crippen molar-refractivity contribution in [2.45, 2.75) is 31.8 Å². The molecule has 0 amide bonds. The molecule has 0 aromatic heterocycles. The zero-order valence-corrected chi connectivity index (χ0v) is 8.29. The molecule has 0 saturated heterocycles. The fourth-order valence-electron chi connectivity index (χ4n) is 1.00. The Morgan fingerprint density at radius 1 is 1.46 bits per heavy atom. The van der Waals surface area contributed by atoms with Crippen LogP contribution < -0.4 is 0 Å². The fraction of sp³-hybridized carbons (Fsp3) is 0.857. The molecule has 2 N–H and O–H groups in total. The largest absolute Gasteiger partial charge is 0.481 e. The molecular formula is C7H13O5P. The van der Waals surface area contributed by atoms with Gasteiger partial charge in [0.05, 0.1) is 18.2 Å². The summed E-state index contributed by atoms with van der Waals surface area (Å²) in [6.45, 7) is 1.39. The van der Waals surface area contributed by atoms with Gasteiger partial charge in [-0.1, -0.05) is 0 Å². The molecule has 0 aromatic rings. The van der Waals surface area contributed by atoms with Crippen molar-refractivity contribution in [1.29, 1.82) is 0 Å². The maximum atomic E-state index is 10.2. The van der Waals surface area contributed by atoms with Crippen molar-refractivity contribution in [3.63, 3.8) is 0 Å². The van der Waals surface area contributed by atoms with E-state index in [1.807, 2.05) is 0 Å². The van der Waals surface area contributed by atoms with Crippen LogP contribution in [0.25, 0.3) is 0 Å². The van der Waals surface area contributed by atoms with E-state index in [4.69, 9.17) is 5.11 Å². The Morgan fingerprint density at radius 2 is 2.00 bits per heavy atom. The predicted molar refractivity (Wildman–Crippen MR) is 45.3 cm³/mol. The van der Waals surface area contributed by atoms with E-state index in [1.165, 1.54) is 6.92 Å². The second-order valence-corrected chi connectivity index (χ2v) is 4.34. The van der Waals surface area contributed by atoms with Gasteiger partial charge in [0, 0.05) is 0 Å². The molecule has 1 unspecified atom stereocenters. The van der Waals surface area contributed by atoms with Crippen LogP contribution in [0.2, 0.25) is 0 Å². The monoisotopic (exact) mass is 208 g/mol. The minimum absolute atomic E-state index is 0.00883. The van der Waals surface area contributed by atoms with E-state index in [1.54, 1.807) is 0 Å². The minimum atomic E-state index is -2.43. The first-order valence-electron chi connectivity index (χ1n) is 3.89. The molecule has 0 heterocycles. The molecule has 0 bridgehead atoms. The highest BCUT2D eigenvalue weighted by atomic mass is 31.1. The summed E-state index contributed by atoms with van der Waals surface area (Å²) in [5, 5.41) is 17.8. The van der Waals surface area contributed by atoms with Crippen LogP contribution in [0.1, 0.15) is 26.2 Å². The van der Waals surface area contributed by atoms with Gasteiger partial charge >= 0.3 is 13.6 Å². The number of hydrogen-bond acceptors (Lipinski definition) is 4. The van der Waals surface area contributed by atoms with Crippen LogP contribution >= 0.6 is 7.68 Å². The van der Waals surface area contributed by atoms with E-state index < -0.39 is 19.3 Å². The molecular weight excluding hydrogens is 195 g/mol. The van der Waals surface area contributed by atoms with Crippen LogP contribution in [0.15, 0.2) is 0 Å². The topological polar surface area (TPSA) is 91.7 Å².